The molecule has 0 spiro atoms. The van der Waals surface area contributed by atoms with E-state index >= 15 is 0 Å². The standard InChI is InChI=1S/C58H34N4/c1-2-14-37(15-3-1)61-53-28-25-36(32-49(53)50-33-51-48(34-54(50)61)40-18-5-4-17-39(40)44-22-11-30-60-57(44)51)35-13-10-16-38(31-35)62-52-24-9-8-20-42(52)46-26-27-47-55(58(46)62)43-21-7-6-19-41(43)45-23-12-29-59-56(45)47/h1-34H. The van der Waals surface area contributed by atoms with Crippen LogP contribution in [0.1, 0.15) is 0 Å². The minimum atomic E-state index is 1.03. The van der Waals surface area contributed by atoms with Crippen LogP contribution in [0.25, 0.3) is 131 Å². The molecular weight excluding hydrogens is 753 g/mol. The number of nitrogens with zero attached hydrogens (tertiary/aromatic N) is 4. The molecule has 4 aromatic heterocycles. The van der Waals surface area contributed by atoms with Crippen LogP contribution in [0.5, 0.6) is 0 Å². The Labute approximate surface area is 355 Å². The summed E-state index contributed by atoms with van der Waals surface area (Å²) in [6.07, 6.45) is 3.83. The van der Waals surface area contributed by atoms with E-state index in [0.29, 0.717) is 0 Å². The highest BCUT2D eigenvalue weighted by atomic mass is 15.0. The van der Waals surface area contributed by atoms with Crippen molar-refractivity contribution in [2.75, 3.05) is 0 Å². The van der Waals surface area contributed by atoms with E-state index in [4.69, 9.17) is 9.97 Å². The molecule has 0 N–H and O–H groups in total. The average Bonchev–Trinajstić information content (AvgIpc) is 3.86. The van der Waals surface area contributed by atoms with Gasteiger partial charge < -0.3 is 9.13 Å². The number of hydrogen-bond donors (Lipinski definition) is 0. The molecule has 0 saturated carbocycles. The number of fused-ring (bicyclic) bond motifs is 19. The first-order valence-electron chi connectivity index (χ1n) is 21.2. The Hall–Kier alpha value is -8.34. The Balaban J connectivity index is 1.05. The van der Waals surface area contributed by atoms with Gasteiger partial charge in [-0.15, -0.1) is 0 Å². The zero-order chi connectivity index (χ0) is 40.5. The van der Waals surface area contributed by atoms with Crippen molar-refractivity contribution in [2.45, 2.75) is 0 Å². The molecule has 0 saturated heterocycles. The predicted molar refractivity (Wildman–Crippen MR) is 261 cm³/mol. The molecule has 0 aliphatic rings. The van der Waals surface area contributed by atoms with E-state index in [2.05, 4.69) is 191 Å². The number of para-hydroxylation sites is 2. The molecule has 286 valence electrons. The number of hydrogen-bond acceptors (Lipinski definition) is 2. The van der Waals surface area contributed by atoms with Crippen molar-refractivity contribution in [1.29, 1.82) is 0 Å². The fraction of sp³-hybridized carbons (Fsp3) is 0. The van der Waals surface area contributed by atoms with Gasteiger partial charge in [-0.3, -0.25) is 9.97 Å². The third kappa shape index (κ3) is 4.55. The summed E-state index contributed by atoms with van der Waals surface area (Å²) >= 11 is 0. The number of aromatic nitrogens is 4. The van der Waals surface area contributed by atoms with Gasteiger partial charge in [0.15, 0.2) is 0 Å². The first-order chi connectivity index (χ1) is 30.8. The topological polar surface area (TPSA) is 35.6 Å². The number of pyridine rings is 2. The Morgan fingerprint density at radius 1 is 0.274 bits per heavy atom. The summed E-state index contributed by atoms with van der Waals surface area (Å²) in [5.41, 5.74) is 11.4. The van der Waals surface area contributed by atoms with E-state index < -0.39 is 0 Å². The molecule has 0 bridgehead atoms. The van der Waals surface area contributed by atoms with E-state index in [1.165, 1.54) is 97.7 Å². The first kappa shape index (κ1) is 33.5. The van der Waals surface area contributed by atoms with Crippen molar-refractivity contribution in [3.63, 3.8) is 0 Å². The maximum atomic E-state index is 4.99. The fourth-order valence-corrected chi connectivity index (χ4v) is 10.7. The van der Waals surface area contributed by atoms with Crippen LogP contribution in [0.15, 0.2) is 207 Å². The molecule has 14 aromatic rings. The fourth-order valence-electron chi connectivity index (χ4n) is 10.7. The summed E-state index contributed by atoms with van der Waals surface area (Å²) in [5.74, 6) is 0. The number of benzene rings is 10. The number of rotatable bonds is 3. The second kappa shape index (κ2) is 12.6. The summed E-state index contributed by atoms with van der Waals surface area (Å²) < 4.78 is 4.90. The smallest absolute Gasteiger partial charge is 0.0787 e. The second-order valence-corrected chi connectivity index (χ2v) is 16.5. The van der Waals surface area contributed by atoms with Gasteiger partial charge in [-0.25, -0.2) is 0 Å². The summed E-state index contributed by atoms with van der Waals surface area (Å²) in [6, 6.07) is 71.0. The molecule has 0 amide bonds. The summed E-state index contributed by atoms with van der Waals surface area (Å²) in [7, 11) is 0. The summed E-state index contributed by atoms with van der Waals surface area (Å²) in [5, 5.41) is 16.9. The van der Waals surface area contributed by atoms with Crippen molar-refractivity contribution in [2.24, 2.45) is 0 Å². The first-order valence-corrected chi connectivity index (χ1v) is 21.2. The normalized spacial score (nSPS) is 12.2. The molecule has 10 aromatic carbocycles. The third-order valence-corrected chi connectivity index (χ3v) is 13.3. The zero-order valence-corrected chi connectivity index (χ0v) is 33.4. The van der Waals surface area contributed by atoms with Crippen molar-refractivity contribution >= 4 is 109 Å². The minimum absolute atomic E-state index is 1.03. The molecule has 0 unspecified atom stereocenters. The molecule has 0 fully saturated rings. The zero-order valence-electron chi connectivity index (χ0n) is 33.4. The molecule has 14 rings (SSSR count). The van der Waals surface area contributed by atoms with Gasteiger partial charge in [-0.2, -0.15) is 0 Å². The van der Waals surface area contributed by atoms with Gasteiger partial charge in [0.05, 0.1) is 33.1 Å². The Bertz CT molecular complexity index is 4180. The quantitative estimate of drug-likeness (QED) is 0.167. The van der Waals surface area contributed by atoms with Gasteiger partial charge in [-0.05, 0) is 105 Å². The van der Waals surface area contributed by atoms with Crippen LogP contribution >= 0.6 is 0 Å². The summed E-state index contributed by atoms with van der Waals surface area (Å²) in [4.78, 5) is 9.97. The van der Waals surface area contributed by atoms with Crippen LogP contribution < -0.4 is 0 Å². The molecule has 4 heterocycles. The van der Waals surface area contributed by atoms with Gasteiger partial charge in [0.1, 0.15) is 0 Å². The van der Waals surface area contributed by atoms with Gasteiger partial charge >= 0.3 is 0 Å². The second-order valence-electron chi connectivity index (χ2n) is 16.5. The van der Waals surface area contributed by atoms with Crippen LogP contribution in [-0.2, 0) is 0 Å². The van der Waals surface area contributed by atoms with E-state index in [1.807, 2.05) is 24.5 Å². The van der Waals surface area contributed by atoms with E-state index in [-0.39, 0.29) is 0 Å². The maximum absolute atomic E-state index is 4.99. The Kier molecular flexibility index (Phi) is 6.80. The van der Waals surface area contributed by atoms with Crippen LogP contribution in [0.2, 0.25) is 0 Å². The lowest BCUT2D eigenvalue weighted by Crippen LogP contribution is -1.96. The van der Waals surface area contributed by atoms with Crippen LogP contribution in [0.3, 0.4) is 0 Å². The van der Waals surface area contributed by atoms with Crippen LogP contribution in [0, 0.1) is 0 Å². The molecule has 4 nitrogen and oxygen atoms in total. The van der Waals surface area contributed by atoms with Gasteiger partial charge in [0, 0.05) is 72.2 Å². The predicted octanol–water partition coefficient (Wildman–Crippen LogP) is 15.3. The van der Waals surface area contributed by atoms with E-state index in [1.54, 1.807) is 0 Å². The van der Waals surface area contributed by atoms with Crippen molar-refractivity contribution in [3.05, 3.63) is 207 Å². The van der Waals surface area contributed by atoms with Crippen molar-refractivity contribution in [3.8, 4) is 22.5 Å². The third-order valence-electron chi connectivity index (χ3n) is 13.3. The minimum Gasteiger partial charge on any atom is -0.309 e. The van der Waals surface area contributed by atoms with Gasteiger partial charge in [0.25, 0.3) is 0 Å². The largest absolute Gasteiger partial charge is 0.309 e. The highest BCUT2D eigenvalue weighted by Gasteiger charge is 2.21. The Morgan fingerprint density at radius 3 is 1.65 bits per heavy atom. The highest BCUT2D eigenvalue weighted by molar-refractivity contribution is 6.33. The molecule has 0 aliphatic heterocycles. The van der Waals surface area contributed by atoms with Crippen molar-refractivity contribution < 1.29 is 0 Å². The highest BCUT2D eigenvalue weighted by Crippen LogP contribution is 2.44. The lowest BCUT2D eigenvalue weighted by atomic mass is 9.95. The van der Waals surface area contributed by atoms with Gasteiger partial charge in [0.2, 0.25) is 0 Å². The van der Waals surface area contributed by atoms with Crippen LogP contribution in [0.4, 0.5) is 0 Å². The van der Waals surface area contributed by atoms with E-state index in [0.717, 1.165) is 33.4 Å². The van der Waals surface area contributed by atoms with E-state index in [9.17, 15) is 0 Å². The average molecular weight is 787 g/mol. The molecular formula is C58H34N4. The molecule has 0 aliphatic carbocycles. The van der Waals surface area contributed by atoms with Gasteiger partial charge in [-0.1, -0.05) is 127 Å². The molecule has 4 heteroatoms. The Morgan fingerprint density at radius 2 is 0.855 bits per heavy atom. The SMILES string of the molecule is c1ccc(-n2c3ccc(-c4cccc(-n5c6ccccc6c6ccc7c8ncccc8c8ccccc8c7c65)c4)cc3c3cc4c(cc32)c2ccccc2c2cccnc24)cc1. The van der Waals surface area contributed by atoms with Crippen molar-refractivity contribution in [1.82, 2.24) is 19.1 Å². The lowest BCUT2D eigenvalue weighted by molar-refractivity contribution is 1.18. The lowest BCUT2D eigenvalue weighted by Gasteiger charge is -2.15. The molecule has 62 heavy (non-hydrogen) atoms. The summed E-state index contributed by atoms with van der Waals surface area (Å²) in [6.45, 7) is 0. The van der Waals surface area contributed by atoms with Crippen LogP contribution in [-0.4, -0.2) is 19.1 Å². The monoisotopic (exact) mass is 786 g/mol. The molecule has 0 radical (unpaired) electrons. The maximum Gasteiger partial charge on any atom is 0.0787 e. The molecule has 0 atom stereocenters.